The highest BCUT2D eigenvalue weighted by Gasteiger charge is 2.37. The molecule has 3 aliphatic rings. The molecule has 0 spiro atoms. The quantitative estimate of drug-likeness (QED) is 0.837. The van der Waals surface area contributed by atoms with Crippen LogP contribution in [-0.4, -0.2) is 46.2 Å². The highest BCUT2D eigenvalue weighted by molar-refractivity contribution is 5.82. The van der Waals surface area contributed by atoms with Crippen LogP contribution in [-0.2, 0) is 9.59 Å². The predicted octanol–water partition coefficient (Wildman–Crippen LogP) is 3.17. The zero-order valence-corrected chi connectivity index (χ0v) is 15.5. The van der Waals surface area contributed by atoms with Gasteiger partial charge in [-0.3, -0.25) is 14.6 Å². The molecule has 2 saturated heterocycles. The SMILES string of the molecule is O=C(C1CCC1)N1CCC(C(=O)N2CCCCC2c2ccccn2)CC1. The Labute approximate surface area is 155 Å². The van der Waals surface area contributed by atoms with E-state index < -0.39 is 0 Å². The lowest BCUT2D eigenvalue weighted by molar-refractivity contribution is -0.146. The normalized spacial score (nSPS) is 25.0. The molecule has 3 fully saturated rings. The first-order valence-electron chi connectivity index (χ1n) is 10.2. The minimum absolute atomic E-state index is 0.0600. The fourth-order valence-corrected chi connectivity index (χ4v) is 4.57. The van der Waals surface area contributed by atoms with Gasteiger partial charge in [-0.05, 0) is 57.1 Å². The van der Waals surface area contributed by atoms with Gasteiger partial charge in [0.05, 0.1) is 11.7 Å². The summed E-state index contributed by atoms with van der Waals surface area (Å²) >= 11 is 0. The Morgan fingerprint density at radius 3 is 2.27 bits per heavy atom. The number of aromatic nitrogens is 1. The Balaban J connectivity index is 1.38. The molecule has 1 unspecified atom stereocenters. The summed E-state index contributed by atoms with van der Waals surface area (Å²) in [5.41, 5.74) is 1.01. The molecule has 0 bridgehead atoms. The summed E-state index contributed by atoms with van der Waals surface area (Å²) < 4.78 is 0. The van der Waals surface area contributed by atoms with Crippen LogP contribution >= 0.6 is 0 Å². The number of amides is 2. The Hall–Kier alpha value is -1.91. The van der Waals surface area contributed by atoms with Crippen molar-refractivity contribution in [2.75, 3.05) is 19.6 Å². The van der Waals surface area contributed by atoms with E-state index in [0.29, 0.717) is 5.91 Å². The van der Waals surface area contributed by atoms with Crippen LogP contribution in [0.2, 0.25) is 0 Å². The summed E-state index contributed by atoms with van der Waals surface area (Å²) in [6.07, 6.45) is 9.96. The molecular weight excluding hydrogens is 326 g/mol. The Kier molecular flexibility index (Phi) is 5.23. The van der Waals surface area contributed by atoms with Crippen LogP contribution in [0.15, 0.2) is 24.4 Å². The smallest absolute Gasteiger partial charge is 0.226 e. The highest BCUT2D eigenvalue weighted by atomic mass is 16.2. The summed E-state index contributed by atoms with van der Waals surface area (Å²) in [6.45, 7) is 2.32. The number of nitrogens with zero attached hydrogens (tertiary/aromatic N) is 3. The first-order chi connectivity index (χ1) is 12.7. The first-order valence-corrected chi connectivity index (χ1v) is 10.2. The molecule has 4 rings (SSSR count). The third kappa shape index (κ3) is 3.49. The number of pyridine rings is 1. The molecule has 1 aromatic heterocycles. The average molecular weight is 355 g/mol. The van der Waals surface area contributed by atoms with Gasteiger partial charge in [-0.15, -0.1) is 0 Å². The van der Waals surface area contributed by atoms with Crippen LogP contribution in [0, 0.1) is 11.8 Å². The van der Waals surface area contributed by atoms with Crippen LogP contribution in [0.1, 0.15) is 63.1 Å². The maximum absolute atomic E-state index is 13.2. The van der Waals surface area contributed by atoms with Crippen molar-refractivity contribution < 1.29 is 9.59 Å². The largest absolute Gasteiger partial charge is 0.342 e. The van der Waals surface area contributed by atoms with Gasteiger partial charge in [-0.1, -0.05) is 12.5 Å². The van der Waals surface area contributed by atoms with Crippen LogP contribution < -0.4 is 0 Å². The van der Waals surface area contributed by atoms with E-state index >= 15 is 0 Å². The van der Waals surface area contributed by atoms with Gasteiger partial charge >= 0.3 is 0 Å². The van der Waals surface area contributed by atoms with E-state index in [-0.39, 0.29) is 23.8 Å². The lowest BCUT2D eigenvalue weighted by Crippen LogP contribution is -2.48. The summed E-state index contributed by atoms with van der Waals surface area (Å²) in [4.78, 5) is 34.2. The van der Waals surface area contributed by atoms with E-state index in [1.165, 1.54) is 6.42 Å². The standard InChI is InChI=1S/C21H29N3O2/c25-20(16-6-5-7-16)23-14-10-17(11-15-23)21(26)24-13-4-2-9-19(24)18-8-1-3-12-22-18/h1,3,8,12,16-17,19H,2,4-7,9-11,13-15H2. The summed E-state index contributed by atoms with van der Waals surface area (Å²) in [7, 11) is 0. The fourth-order valence-electron chi connectivity index (χ4n) is 4.57. The van der Waals surface area contributed by atoms with Gasteiger partial charge in [-0.2, -0.15) is 0 Å². The van der Waals surface area contributed by atoms with Crippen molar-refractivity contribution in [1.82, 2.24) is 14.8 Å². The summed E-state index contributed by atoms with van der Waals surface area (Å²) in [5, 5.41) is 0. The van der Waals surface area contributed by atoms with E-state index in [4.69, 9.17) is 0 Å². The summed E-state index contributed by atoms with van der Waals surface area (Å²) in [5.74, 6) is 0.921. The van der Waals surface area contributed by atoms with Crippen molar-refractivity contribution in [2.45, 2.75) is 57.4 Å². The monoisotopic (exact) mass is 355 g/mol. The van der Waals surface area contributed by atoms with Crippen LogP contribution in [0.5, 0.6) is 0 Å². The molecule has 140 valence electrons. The molecule has 5 nitrogen and oxygen atoms in total. The molecule has 0 N–H and O–H groups in total. The summed E-state index contributed by atoms with van der Waals surface area (Å²) in [6, 6.07) is 6.08. The minimum Gasteiger partial charge on any atom is -0.342 e. The van der Waals surface area contributed by atoms with Crippen LogP contribution in [0.3, 0.4) is 0 Å². The van der Waals surface area contributed by atoms with Gasteiger partial charge in [0.1, 0.15) is 0 Å². The molecule has 26 heavy (non-hydrogen) atoms. The van der Waals surface area contributed by atoms with E-state index in [1.807, 2.05) is 29.3 Å². The van der Waals surface area contributed by atoms with Crippen LogP contribution in [0.4, 0.5) is 0 Å². The number of carbonyl (C=O) groups is 2. The fraction of sp³-hybridized carbons (Fsp3) is 0.667. The molecule has 1 aromatic rings. The zero-order valence-electron chi connectivity index (χ0n) is 15.5. The second kappa shape index (κ2) is 7.77. The molecule has 0 aromatic carbocycles. The maximum atomic E-state index is 13.2. The molecule has 0 radical (unpaired) electrons. The Morgan fingerprint density at radius 1 is 0.846 bits per heavy atom. The van der Waals surface area contributed by atoms with Crippen molar-refractivity contribution in [2.24, 2.45) is 11.8 Å². The van der Waals surface area contributed by atoms with Gasteiger partial charge in [0, 0.05) is 37.7 Å². The first kappa shape index (κ1) is 17.5. The third-order valence-corrected chi connectivity index (χ3v) is 6.43. The van der Waals surface area contributed by atoms with Crippen molar-refractivity contribution in [1.29, 1.82) is 0 Å². The molecule has 3 heterocycles. The van der Waals surface area contributed by atoms with Crippen molar-refractivity contribution in [3.05, 3.63) is 30.1 Å². The van der Waals surface area contributed by atoms with Gasteiger partial charge in [-0.25, -0.2) is 0 Å². The number of piperidine rings is 2. The number of hydrogen-bond acceptors (Lipinski definition) is 3. The van der Waals surface area contributed by atoms with Gasteiger partial charge in [0.25, 0.3) is 0 Å². The van der Waals surface area contributed by atoms with Crippen molar-refractivity contribution >= 4 is 11.8 Å². The maximum Gasteiger partial charge on any atom is 0.226 e. The van der Waals surface area contributed by atoms with Crippen molar-refractivity contribution in [3.63, 3.8) is 0 Å². The number of carbonyl (C=O) groups excluding carboxylic acids is 2. The highest BCUT2D eigenvalue weighted by Crippen LogP contribution is 2.34. The molecule has 1 saturated carbocycles. The second-order valence-electron chi connectivity index (χ2n) is 8.03. The molecular formula is C21H29N3O2. The van der Waals surface area contributed by atoms with E-state index in [2.05, 4.69) is 9.88 Å². The molecule has 1 atom stereocenters. The van der Waals surface area contributed by atoms with Gasteiger partial charge in [0.15, 0.2) is 0 Å². The zero-order chi connectivity index (χ0) is 17.9. The number of hydrogen-bond donors (Lipinski definition) is 0. The second-order valence-corrected chi connectivity index (χ2v) is 8.03. The topological polar surface area (TPSA) is 53.5 Å². The lowest BCUT2D eigenvalue weighted by Gasteiger charge is -2.40. The third-order valence-electron chi connectivity index (χ3n) is 6.43. The molecule has 1 aliphatic carbocycles. The molecule has 5 heteroatoms. The minimum atomic E-state index is 0.0600. The van der Waals surface area contributed by atoms with Gasteiger partial charge < -0.3 is 9.80 Å². The Bertz CT molecular complexity index is 636. The molecule has 2 amide bonds. The average Bonchev–Trinajstić information content (AvgIpc) is 2.67. The number of rotatable bonds is 3. The predicted molar refractivity (Wildman–Crippen MR) is 99.2 cm³/mol. The van der Waals surface area contributed by atoms with Crippen molar-refractivity contribution in [3.8, 4) is 0 Å². The van der Waals surface area contributed by atoms with Gasteiger partial charge in [0.2, 0.25) is 11.8 Å². The van der Waals surface area contributed by atoms with E-state index in [1.54, 1.807) is 0 Å². The van der Waals surface area contributed by atoms with E-state index in [0.717, 1.165) is 70.3 Å². The van der Waals surface area contributed by atoms with E-state index in [9.17, 15) is 9.59 Å². The molecule has 2 aliphatic heterocycles. The number of likely N-dealkylation sites (tertiary alicyclic amines) is 2. The lowest BCUT2D eigenvalue weighted by atomic mass is 9.83. The Morgan fingerprint density at radius 2 is 1.62 bits per heavy atom. The van der Waals surface area contributed by atoms with Crippen LogP contribution in [0.25, 0.3) is 0 Å².